The van der Waals surface area contributed by atoms with E-state index in [0.29, 0.717) is 36.8 Å². The Morgan fingerprint density at radius 3 is 2.38 bits per heavy atom. The monoisotopic (exact) mass is 497 g/mol. The van der Waals surface area contributed by atoms with Gasteiger partial charge in [-0.2, -0.15) is 0 Å². The molecule has 3 aromatic carbocycles. The van der Waals surface area contributed by atoms with Gasteiger partial charge in [0.25, 0.3) is 11.7 Å². The van der Waals surface area contributed by atoms with Crippen molar-refractivity contribution >= 4 is 17.4 Å². The second kappa shape index (κ2) is 11.9. The fourth-order valence-electron chi connectivity index (χ4n) is 4.64. The molecule has 1 heterocycles. The number of aliphatic hydroxyl groups excluding tert-OH is 1. The van der Waals surface area contributed by atoms with Crippen LogP contribution in [0.4, 0.5) is 0 Å². The molecule has 5 nitrogen and oxygen atoms in total. The van der Waals surface area contributed by atoms with Crippen LogP contribution in [0, 0.1) is 0 Å². The zero-order chi connectivity index (χ0) is 26.4. The molecule has 5 heteroatoms. The van der Waals surface area contributed by atoms with E-state index in [4.69, 9.17) is 4.74 Å². The van der Waals surface area contributed by atoms with Crippen LogP contribution in [0.2, 0.25) is 0 Å². The number of Topliss-reactive ketones (excluding diaryl/α,β-unsaturated/α-hetero) is 1. The minimum absolute atomic E-state index is 0.112. The average Bonchev–Trinajstić information content (AvgIpc) is 3.17. The number of hydrogen-bond acceptors (Lipinski definition) is 4. The molecule has 1 aliphatic heterocycles. The van der Waals surface area contributed by atoms with Crippen molar-refractivity contribution < 1.29 is 19.4 Å². The van der Waals surface area contributed by atoms with Crippen LogP contribution in [0.1, 0.15) is 67.8 Å². The third kappa shape index (κ3) is 5.93. The van der Waals surface area contributed by atoms with Gasteiger partial charge in [0.15, 0.2) is 0 Å². The number of amides is 1. The number of carbonyl (C=O) groups excluding carboxylic acids is 2. The number of ketones is 1. The molecule has 1 amide bonds. The van der Waals surface area contributed by atoms with Crippen LogP contribution in [0.25, 0.3) is 5.76 Å². The summed E-state index contributed by atoms with van der Waals surface area (Å²) in [4.78, 5) is 28.2. The van der Waals surface area contributed by atoms with Crippen LogP contribution in [-0.2, 0) is 16.0 Å². The van der Waals surface area contributed by atoms with Crippen LogP contribution in [-0.4, -0.2) is 34.8 Å². The average molecular weight is 498 g/mol. The predicted octanol–water partition coefficient (Wildman–Crippen LogP) is 6.65. The van der Waals surface area contributed by atoms with E-state index in [0.717, 1.165) is 24.0 Å². The van der Waals surface area contributed by atoms with Crippen molar-refractivity contribution in [2.24, 2.45) is 0 Å². The molecule has 0 spiro atoms. The van der Waals surface area contributed by atoms with E-state index >= 15 is 0 Å². The van der Waals surface area contributed by atoms with Gasteiger partial charge in [0, 0.05) is 12.1 Å². The highest BCUT2D eigenvalue weighted by Gasteiger charge is 2.45. The Kier molecular flexibility index (Phi) is 8.44. The van der Waals surface area contributed by atoms with Gasteiger partial charge in [-0.15, -0.1) is 0 Å². The summed E-state index contributed by atoms with van der Waals surface area (Å²) in [6.07, 6.45) is 2.55. The third-order valence-electron chi connectivity index (χ3n) is 6.82. The Bertz CT molecular complexity index is 1260. The number of ether oxygens (including phenoxy) is 1. The van der Waals surface area contributed by atoms with Gasteiger partial charge < -0.3 is 14.7 Å². The Labute approximate surface area is 219 Å². The van der Waals surface area contributed by atoms with Crippen molar-refractivity contribution in [3.63, 3.8) is 0 Å². The van der Waals surface area contributed by atoms with Crippen molar-refractivity contribution in [3.8, 4) is 5.75 Å². The first kappa shape index (κ1) is 26.2. The standard InChI is InChI=1S/C32H35NO4/c1-4-5-20-37-27-13-9-12-26(21-27)30(34)28-29(25-16-14-24(15-17-25)22(2)3)33(32(36)31(28)35)19-18-23-10-7-6-8-11-23/h6-17,21-22,29,34H,4-5,18-20H2,1-3H3/b30-28+. The fraction of sp³-hybridized carbons (Fsp3) is 0.312. The first-order chi connectivity index (χ1) is 17.9. The lowest BCUT2D eigenvalue weighted by Gasteiger charge is -2.26. The molecule has 4 rings (SSSR count). The number of hydrogen-bond donors (Lipinski definition) is 1. The molecule has 0 radical (unpaired) electrons. The first-order valence-electron chi connectivity index (χ1n) is 13.1. The van der Waals surface area contributed by atoms with Crippen LogP contribution in [0.15, 0.2) is 84.4 Å². The number of likely N-dealkylation sites (tertiary alicyclic amines) is 1. The summed E-state index contributed by atoms with van der Waals surface area (Å²) >= 11 is 0. The molecule has 0 bridgehead atoms. The summed E-state index contributed by atoms with van der Waals surface area (Å²) in [7, 11) is 0. The Morgan fingerprint density at radius 1 is 0.973 bits per heavy atom. The highest BCUT2D eigenvalue weighted by Crippen LogP contribution is 2.40. The third-order valence-corrected chi connectivity index (χ3v) is 6.82. The van der Waals surface area contributed by atoms with E-state index in [9.17, 15) is 14.7 Å². The van der Waals surface area contributed by atoms with E-state index in [2.05, 4.69) is 20.8 Å². The molecule has 1 N–H and O–H groups in total. The zero-order valence-corrected chi connectivity index (χ0v) is 21.8. The Hall–Kier alpha value is -3.86. The molecule has 0 aliphatic carbocycles. The molecule has 0 aromatic heterocycles. The zero-order valence-electron chi connectivity index (χ0n) is 21.8. The van der Waals surface area contributed by atoms with Crippen LogP contribution >= 0.6 is 0 Å². The summed E-state index contributed by atoms with van der Waals surface area (Å²) in [6.45, 7) is 7.28. The van der Waals surface area contributed by atoms with Crippen LogP contribution in [0.3, 0.4) is 0 Å². The molecule has 1 atom stereocenters. The van der Waals surface area contributed by atoms with Gasteiger partial charge in [-0.1, -0.05) is 93.9 Å². The maximum atomic E-state index is 13.4. The van der Waals surface area contributed by atoms with Gasteiger partial charge in [-0.05, 0) is 47.6 Å². The topological polar surface area (TPSA) is 66.8 Å². The Morgan fingerprint density at radius 2 is 1.70 bits per heavy atom. The van der Waals surface area contributed by atoms with E-state index in [1.165, 1.54) is 5.56 Å². The number of rotatable bonds is 10. The van der Waals surface area contributed by atoms with Crippen LogP contribution in [0.5, 0.6) is 5.75 Å². The number of unbranched alkanes of at least 4 members (excludes halogenated alkanes) is 1. The molecule has 37 heavy (non-hydrogen) atoms. The van der Waals surface area contributed by atoms with E-state index in [-0.39, 0.29) is 11.3 Å². The number of carbonyl (C=O) groups is 2. The molecular weight excluding hydrogens is 462 g/mol. The van der Waals surface area contributed by atoms with Crippen molar-refractivity contribution in [2.75, 3.05) is 13.2 Å². The van der Waals surface area contributed by atoms with Crippen molar-refractivity contribution in [1.82, 2.24) is 4.90 Å². The van der Waals surface area contributed by atoms with Gasteiger partial charge in [0.05, 0.1) is 18.2 Å². The fourth-order valence-corrected chi connectivity index (χ4v) is 4.64. The first-order valence-corrected chi connectivity index (χ1v) is 13.1. The van der Waals surface area contributed by atoms with Gasteiger partial charge in [-0.3, -0.25) is 9.59 Å². The summed E-state index contributed by atoms with van der Waals surface area (Å²) in [6, 6.07) is 24.3. The molecule has 1 saturated heterocycles. The highest BCUT2D eigenvalue weighted by molar-refractivity contribution is 6.46. The Balaban J connectivity index is 1.74. The quantitative estimate of drug-likeness (QED) is 0.147. The lowest BCUT2D eigenvalue weighted by molar-refractivity contribution is -0.139. The second-order valence-electron chi connectivity index (χ2n) is 9.78. The molecular formula is C32H35NO4. The van der Waals surface area contributed by atoms with Gasteiger partial charge in [0.1, 0.15) is 11.5 Å². The summed E-state index contributed by atoms with van der Waals surface area (Å²) in [5, 5.41) is 11.4. The molecule has 192 valence electrons. The van der Waals surface area contributed by atoms with E-state index in [1.807, 2.05) is 60.7 Å². The largest absolute Gasteiger partial charge is 0.507 e. The molecule has 1 fully saturated rings. The normalized spacial score (nSPS) is 17.0. The molecule has 1 unspecified atom stereocenters. The van der Waals surface area contributed by atoms with Crippen molar-refractivity contribution in [3.05, 3.63) is 107 Å². The number of benzene rings is 3. The molecule has 0 saturated carbocycles. The van der Waals surface area contributed by atoms with E-state index < -0.39 is 17.7 Å². The molecule has 1 aliphatic rings. The highest BCUT2D eigenvalue weighted by atomic mass is 16.5. The van der Waals surface area contributed by atoms with Crippen molar-refractivity contribution in [1.29, 1.82) is 0 Å². The minimum Gasteiger partial charge on any atom is -0.507 e. The van der Waals surface area contributed by atoms with E-state index in [1.54, 1.807) is 23.1 Å². The van der Waals surface area contributed by atoms with Gasteiger partial charge in [-0.25, -0.2) is 0 Å². The predicted molar refractivity (Wildman–Crippen MR) is 147 cm³/mol. The molecule has 3 aromatic rings. The smallest absolute Gasteiger partial charge is 0.295 e. The minimum atomic E-state index is -0.672. The number of nitrogens with zero attached hydrogens (tertiary/aromatic N) is 1. The summed E-state index contributed by atoms with van der Waals surface area (Å²) < 4.78 is 5.81. The summed E-state index contributed by atoms with van der Waals surface area (Å²) in [5.74, 6) is -0.464. The van der Waals surface area contributed by atoms with Gasteiger partial charge in [0.2, 0.25) is 0 Å². The van der Waals surface area contributed by atoms with Gasteiger partial charge >= 0.3 is 0 Å². The number of aliphatic hydroxyl groups is 1. The second-order valence-corrected chi connectivity index (χ2v) is 9.78. The maximum Gasteiger partial charge on any atom is 0.295 e. The van der Waals surface area contributed by atoms with Crippen LogP contribution < -0.4 is 4.74 Å². The summed E-state index contributed by atoms with van der Waals surface area (Å²) in [5.41, 5.74) is 3.62. The maximum absolute atomic E-state index is 13.4. The SMILES string of the molecule is CCCCOc1cccc(/C(O)=C2\C(=O)C(=O)N(CCc3ccccc3)C2c2ccc(C(C)C)cc2)c1. The lowest BCUT2D eigenvalue weighted by Crippen LogP contribution is -2.31. The van der Waals surface area contributed by atoms with Crippen molar-refractivity contribution in [2.45, 2.75) is 52.0 Å². The lowest BCUT2D eigenvalue weighted by atomic mass is 9.93.